The fourth-order valence-corrected chi connectivity index (χ4v) is 0.720. The number of hydrogen-bond donors (Lipinski definition) is 0. The lowest BCUT2D eigenvalue weighted by atomic mass is 10.3. The van der Waals surface area contributed by atoms with Gasteiger partial charge in [0.05, 0.1) is 6.61 Å². The second-order valence-corrected chi connectivity index (χ2v) is 2.32. The lowest BCUT2D eigenvalue weighted by Crippen LogP contribution is -2.01. The molecule has 0 rings (SSSR count). The molecule has 0 heterocycles. The van der Waals surface area contributed by atoms with Crippen molar-refractivity contribution in [2.24, 2.45) is 0 Å². The molecular weight excluding hydrogens is 181 g/mol. The smallest absolute Gasteiger partial charge is 0.409 e. The molecule has 0 saturated carbocycles. The monoisotopic (exact) mass is 194 g/mol. The molecule has 0 spiro atoms. The van der Waals surface area contributed by atoms with Crippen LogP contribution in [0.1, 0.15) is 20.3 Å². The van der Waals surface area contributed by atoms with Gasteiger partial charge in [-0.1, -0.05) is 6.92 Å². The standard InChI is InChI=1S/C9H13F3O/c1-3-5-8(13-4-2)6-7-9(10,11)12/h5-7H,3-4H2,1-2H3/b7-6+,8-5+. The van der Waals surface area contributed by atoms with Crippen LogP contribution in [0.5, 0.6) is 0 Å². The molecule has 0 saturated heterocycles. The zero-order valence-corrected chi connectivity index (χ0v) is 7.69. The minimum absolute atomic E-state index is 0.171. The molecule has 0 radical (unpaired) electrons. The van der Waals surface area contributed by atoms with Crippen molar-refractivity contribution < 1.29 is 17.9 Å². The molecule has 0 N–H and O–H groups in total. The Kier molecular flexibility index (Phi) is 5.26. The highest BCUT2D eigenvalue weighted by atomic mass is 19.4. The van der Waals surface area contributed by atoms with E-state index in [1.54, 1.807) is 13.0 Å². The second-order valence-electron chi connectivity index (χ2n) is 2.32. The third-order valence-electron chi connectivity index (χ3n) is 1.15. The largest absolute Gasteiger partial charge is 0.494 e. The Balaban J connectivity index is 4.26. The predicted octanol–water partition coefficient (Wildman–Crippen LogP) is 3.44. The summed E-state index contributed by atoms with van der Waals surface area (Å²) in [4.78, 5) is 0. The number of alkyl halides is 3. The fraction of sp³-hybridized carbons (Fsp3) is 0.556. The van der Waals surface area contributed by atoms with Crippen molar-refractivity contribution in [3.63, 3.8) is 0 Å². The van der Waals surface area contributed by atoms with Gasteiger partial charge in [-0.2, -0.15) is 13.2 Å². The summed E-state index contributed by atoms with van der Waals surface area (Å²) < 4.78 is 40.1. The number of rotatable bonds is 4. The molecule has 1 nitrogen and oxygen atoms in total. The van der Waals surface area contributed by atoms with Crippen molar-refractivity contribution in [3.05, 3.63) is 24.0 Å². The third kappa shape index (κ3) is 7.43. The molecule has 0 aliphatic heterocycles. The van der Waals surface area contributed by atoms with Crippen molar-refractivity contribution in [2.75, 3.05) is 6.61 Å². The van der Waals surface area contributed by atoms with Crippen LogP contribution in [-0.2, 0) is 4.74 Å². The fourth-order valence-electron chi connectivity index (χ4n) is 0.720. The molecule has 4 heteroatoms. The molecule has 0 aliphatic carbocycles. The normalized spacial score (nSPS) is 13.8. The highest BCUT2D eigenvalue weighted by Crippen LogP contribution is 2.17. The Morgan fingerprint density at radius 1 is 1.31 bits per heavy atom. The molecule has 0 aromatic rings. The summed E-state index contributed by atoms with van der Waals surface area (Å²) in [6, 6.07) is 0. The number of hydrogen-bond acceptors (Lipinski definition) is 1. The van der Waals surface area contributed by atoms with Gasteiger partial charge in [-0.05, 0) is 25.5 Å². The second kappa shape index (κ2) is 5.67. The van der Waals surface area contributed by atoms with Gasteiger partial charge in [0.2, 0.25) is 0 Å². The number of ether oxygens (including phenoxy) is 1. The van der Waals surface area contributed by atoms with E-state index in [1.165, 1.54) is 0 Å². The van der Waals surface area contributed by atoms with Crippen LogP contribution in [0.25, 0.3) is 0 Å². The molecule has 0 fully saturated rings. The van der Waals surface area contributed by atoms with Gasteiger partial charge in [0.1, 0.15) is 5.76 Å². The van der Waals surface area contributed by atoms with Crippen LogP contribution in [0.3, 0.4) is 0 Å². The Morgan fingerprint density at radius 2 is 1.92 bits per heavy atom. The summed E-state index contributed by atoms with van der Waals surface area (Å²) in [6.07, 6.45) is -0.912. The molecule has 0 atom stereocenters. The van der Waals surface area contributed by atoms with Crippen molar-refractivity contribution in [1.82, 2.24) is 0 Å². The molecular formula is C9H13F3O. The molecule has 13 heavy (non-hydrogen) atoms. The SMILES string of the molecule is CC/C=C(\C=C\C(F)(F)F)OCC. The van der Waals surface area contributed by atoms with Crippen molar-refractivity contribution in [1.29, 1.82) is 0 Å². The lowest BCUT2D eigenvalue weighted by Gasteiger charge is -2.03. The zero-order valence-electron chi connectivity index (χ0n) is 7.69. The summed E-state index contributed by atoms with van der Waals surface area (Å²) in [5.41, 5.74) is 0. The molecule has 0 aromatic heterocycles. The Hall–Kier alpha value is -0.930. The highest BCUT2D eigenvalue weighted by molar-refractivity contribution is 5.13. The van der Waals surface area contributed by atoms with Gasteiger partial charge in [0.25, 0.3) is 0 Å². The quantitative estimate of drug-likeness (QED) is 0.492. The van der Waals surface area contributed by atoms with Gasteiger partial charge < -0.3 is 4.74 Å². The highest BCUT2D eigenvalue weighted by Gasteiger charge is 2.22. The number of allylic oxidation sites excluding steroid dienone is 3. The predicted molar refractivity (Wildman–Crippen MR) is 45.2 cm³/mol. The zero-order chi connectivity index (χ0) is 10.3. The van der Waals surface area contributed by atoms with Crippen molar-refractivity contribution >= 4 is 0 Å². The van der Waals surface area contributed by atoms with E-state index in [1.807, 2.05) is 6.92 Å². The Bertz CT molecular complexity index is 192. The van der Waals surface area contributed by atoms with Crippen LogP contribution < -0.4 is 0 Å². The first-order valence-electron chi connectivity index (χ1n) is 4.08. The van der Waals surface area contributed by atoms with Gasteiger partial charge in [-0.25, -0.2) is 0 Å². The van der Waals surface area contributed by atoms with Crippen LogP contribution in [0.4, 0.5) is 13.2 Å². The van der Waals surface area contributed by atoms with Crippen LogP contribution in [0, 0.1) is 0 Å². The maximum absolute atomic E-state index is 11.7. The van der Waals surface area contributed by atoms with E-state index in [0.717, 1.165) is 6.08 Å². The summed E-state index contributed by atoms with van der Waals surface area (Å²) >= 11 is 0. The Morgan fingerprint density at radius 3 is 2.31 bits per heavy atom. The van der Waals surface area contributed by atoms with E-state index in [2.05, 4.69) is 0 Å². The van der Waals surface area contributed by atoms with Crippen LogP contribution in [-0.4, -0.2) is 12.8 Å². The van der Waals surface area contributed by atoms with E-state index < -0.39 is 6.18 Å². The van der Waals surface area contributed by atoms with Gasteiger partial charge >= 0.3 is 6.18 Å². The summed E-state index contributed by atoms with van der Waals surface area (Å²) in [6.45, 7) is 3.93. The summed E-state index contributed by atoms with van der Waals surface area (Å²) in [5, 5.41) is 0. The minimum atomic E-state index is -4.27. The maximum Gasteiger partial charge on any atom is 0.409 e. The van der Waals surface area contributed by atoms with Gasteiger partial charge in [0.15, 0.2) is 0 Å². The summed E-state index contributed by atoms with van der Waals surface area (Å²) in [7, 11) is 0. The van der Waals surface area contributed by atoms with E-state index in [0.29, 0.717) is 13.0 Å². The van der Waals surface area contributed by atoms with Gasteiger partial charge in [-0.3, -0.25) is 0 Å². The van der Waals surface area contributed by atoms with E-state index in [9.17, 15) is 13.2 Å². The average molecular weight is 194 g/mol. The first-order chi connectivity index (χ1) is 5.99. The lowest BCUT2D eigenvalue weighted by molar-refractivity contribution is -0.0800. The average Bonchev–Trinajstić information content (AvgIpc) is 2.00. The molecule has 0 aliphatic rings. The van der Waals surface area contributed by atoms with E-state index in [4.69, 9.17) is 4.74 Å². The van der Waals surface area contributed by atoms with Crippen molar-refractivity contribution in [3.8, 4) is 0 Å². The molecule has 0 amide bonds. The third-order valence-corrected chi connectivity index (χ3v) is 1.15. The number of halogens is 3. The van der Waals surface area contributed by atoms with Crippen LogP contribution in [0.2, 0.25) is 0 Å². The van der Waals surface area contributed by atoms with Crippen LogP contribution >= 0.6 is 0 Å². The maximum atomic E-state index is 11.7. The van der Waals surface area contributed by atoms with E-state index in [-0.39, 0.29) is 11.8 Å². The van der Waals surface area contributed by atoms with Crippen molar-refractivity contribution in [2.45, 2.75) is 26.4 Å². The van der Waals surface area contributed by atoms with Crippen LogP contribution in [0.15, 0.2) is 24.0 Å². The van der Waals surface area contributed by atoms with Gasteiger partial charge in [-0.15, -0.1) is 0 Å². The summed E-state index contributed by atoms with van der Waals surface area (Å²) in [5.74, 6) is 0.266. The minimum Gasteiger partial charge on any atom is -0.494 e. The van der Waals surface area contributed by atoms with E-state index >= 15 is 0 Å². The Labute approximate surface area is 75.9 Å². The first-order valence-corrected chi connectivity index (χ1v) is 4.08. The molecule has 0 aromatic carbocycles. The van der Waals surface area contributed by atoms with Gasteiger partial charge in [0, 0.05) is 6.08 Å². The molecule has 0 bridgehead atoms. The molecule has 0 unspecified atom stereocenters. The first kappa shape index (κ1) is 12.1. The topological polar surface area (TPSA) is 9.23 Å². The molecule has 76 valence electrons.